The molecule has 0 aliphatic heterocycles. The van der Waals surface area contributed by atoms with E-state index in [9.17, 15) is 4.79 Å². The Labute approximate surface area is 155 Å². The number of amides is 1. The number of benzene rings is 1. The Kier molecular flexibility index (Phi) is 4.71. The summed E-state index contributed by atoms with van der Waals surface area (Å²) in [5.41, 5.74) is 3.21. The molecule has 0 fully saturated rings. The molecule has 0 bridgehead atoms. The van der Waals surface area contributed by atoms with Gasteiger partial charge in [-0.05, 0) is 49.9 Å². The number of carbonyl (C=O) groups excluding carboxylic acids is 1. The lowest BCUT2D eigenvalue weighted by atomic mass is 10.1. The fourth-order valence-corrected chi connectivity index (χ4v) is 4.23. The molecule has 2 N–H and O–H groups in total. The zero-order valence-electron chi connectivity index (χ0n) is 14.5. The van der Waals surface area contributed by atoms with Gasteiger partial charge >= 0.3 is 0 Å². The molecule has 1 amide bonds. The summed E-state index contributed by atoms with van der Waals surface area (Å²) in [5.74, 6) is 0.567. The molecule has 1 aromatic carbocycles. The molecular formula is C19H20N4O2S. The van der Waals surface area contributed by atoms with E-state index >= 15 is 0 Å². The monoisotopic (exact) mass is 368 g/mol. The second kappa shape index (κ2) is 7.29. The van der Waals surface area contributed by atoms with E-state index < -0.39 is 0 Å². The molecule has 1 aliphatic rings. The van der Waals surface area contributed by atoms with Gasteiger partial charge in [0.15, 0.2) is 5.13 Å². The van der Waals surface area contributed by atoms with Crippen molar-refractivity contribution in [3.05, 3.63) is 46.6 Å². The minimum Gasteiger partial charge on any atom is -0.497 e. The molecule has 0 unspecified atom stereocenters. The summed E-state index contributed by atoms with van der Waals surface area (Å²) in [5, 5.41) is 10.6. The first kappa shape index (κ1) is 16.8. The Balaban J connectivity index is 1.55. The zero-order chi connectivity index (χ0) is 17.9. The number of ether oxygens (including phenoxy) is 1. The summed E-state index contributed by atoms with van der Waals surface area (Å²) >= 11 is 1.59. The molecule has 7 heteroatoms. The van der Waals surface area contributed by atoms with Crippen molar-refractivity contribution in [2.45, 2.75) is 32.1 Å². The molecule has 0 saturated carbocycles. The summed E-state index contributed by atoms with van der Waals surface area (Å²) in [7, 11) is 1.62. The number of anilines is 1. The third kappa shape index (κ3) is 3.35. The number of rotatable bonds is 4. The van der Waals surface area contributed by atoms with Crippen LogP contribution in [-0.4, -0.2) is 28.2 Å². The van der Waals surface area contributed by atoms with Crippen molar-refractivity contribution in [3.8, 4) is 17.0 Å². The van der Waals surface area contributed by atoms with E-state index in [0.29, 0.717) is 16.4 Å². The van der Waals surface area contributed by atoms with E-state index in [-0.39, 0.29) is 5.91 Å². The summed E-state index contributed by atoms with van der Waals surface area (Å²) in [6.45, 7) is 0. The number of hydrogen-bond donors (Lipinski definition) is 2. The second-order valence-electron chi connectivity index (χ2n) is 6.29. The highest BCUT2D eigenvalue weighted by atomic mass is 32.1. The van der Waals surface area contributed by atoms with Crippen molar-refractivity contribution in [2.75, 3.05) is 12.4 Å². The zero-order valence-corrected chi connectivity index (χ0v) is 15.4. The normalized spacial score (nSPS) is 13.7. The maximum absolute atomic E-state index is 12.7. The predicted octanol–water partition coefficient (Wildman–Crippen LogP) is 4.06. The number of thiazole rings is 1. The number of nitrogens with one attached hydrogen (secondary N) is 2. The molecule has 4 rings (SSSR count). The van der Waals surface area contributed by atoms with E-state index in [4.69, 9.17) is 4.74 Å². The van der Waals surface area contributed by atoms with Gasteiger partial charge in [0.25, 0.3) is 5.91 Å². The molecule has 2 heterocycles. The van der Waals surface area contributed by atoms with Gasteiger partial charge in [-0.2, -0.15) is 5.10 Å². The average Bonchev–Trinajstić information content (AvgIpc) is 3.24. The van der Waals surface area contributed by atoms with E-state index in [2.05, 4.69) is 20.5 Å². The topological polar surface area (TPSA) is 79.9 Å². The molecule has 26 heavy (non-hydrogen) atoms. The molecule has 0 spiro atoms. The van der Waals surface area contributed by atoms with Crippen molar-refractivity contribution < 1.29 is 9.53 Å². The summed E-state index contributed by atoms with van der Waals surface area (Å²) < 4.78 is 5.18. The van der Waals surface area contributed by atoms with Crippen LogP contribution < -0.4 is 10.1 Å². The van der Waals surface area contributed by atoms with E-state index in [0.717, 1.165) is 29.8 Å². The maximum atomic E-state index is 12.7. The Bertz CT molecular complexity index is 891. The van der Waals surface area contributed by atoms with Gasteiger partial charge in [-0.15, -0.1) is 11.3 Å². The Morgan fingerprint density at radius 3 is 2.81 bits per heavy atom. The number of aromatic amines is 1. The van der Waals surface area contributed by atoms with Crippen LogP contribution in [0.3, 0.4) is 0 Å². The molecule has 0 atom stereocenters. The average molecular weight is 368 g/mol. The van der Waals surface area contributed by atoms with Crippen LogP contribution in [0.4, 0.5) is 5.13 Å². The van der Waals surface area contributed by atoms with Crippen LogP contribution in [0.1, 0.15) is 40.2 Å². The van der Waals surface area contributed by atoms with Crippen molar-refractivity contribution >= 4 is 22.4 Å². The highest BCUT2D eigenvalue weighted by Gasteiger charge is 2.19. The fourth-order valence-electron chi connectivity index (χ4n) is 3.18. The van der Waals surface area contributed by atoms with Crippen LogP contribution in [0, 0.1) is 0 Å². The number of aryl methyl sites for hydroxylation is 2. The van der Waals surface area contributed by atoms with Crippen LogP contribution >= 0.6 is 11.3 Å². The third-order valence-corrected chi connectivity index (χ3v) is 5.65. The number of aromatic nitrogens is 3. The van der Waals surface area contributed by atoms with E-state index in [1.165, 1.54) is 24.1 Å². The first-order valence-corrected chi connectivity index (χ1v) is 9.54. The van der Waals surface area contributed by atoms with Crippen LogP contribution in [-0.2, 0) is 12.8 Å². The smallest absolute Gasteiger partial charge is 0.261 e. The summed E-state index contributed by atoms with van der Waals surface area (Å²) in [4.78, 5) is 18.7. The largest absolute Gasteiger partial charge is 0.497 e. The van der Waals surface area contributed by atoms with Gasteiger partial charge in [-0.1, -0.05) is 6.42 Å². The van der Waals surface area contributed by atoms with E-state index in [1.807, 2.05) is 24.3 Å². The predicted molar refractivity (Wildman–Crippen MR) is 102 cm³/mol. The summed E-state index contributed by atoms with van der Waals surface area (Å²) in [6, 6.07) is 7.51. The Morgan fingerprint density at radius 1 is 1.19 bits per heavy atom. The lowest BCUT2D eigenvalue weighted by molar-refractivity contribution is 0.102. The molecule has 134 valence electrons. The van der Waals surface area contributed by atoms with Crippen molar-refractivity contribution in [3.63, 3.8) is 0 Å². The fraction of sp³-hybridized carbons (Fsp3) is 0.316. The van der Waals surface area contributed by atoms with Crippen molar-refractivity contribution in [1.29, 1.82) is 0 Å². The van der Waals surface area contributed by atoms with Gasteiger partial charge in [0, 0.05) is 10.4 Å². The SMILES string of the molecule is COc1ccc(-c2[nH]ncc2C(=O)Nc2nc3c(s2)CCCCC3)cc1. The minimum absolute atomic E-state index is 0.200. The number of nitrogens with zero attached hydrogens (tertiary/aromatic N) is 2. The van der Waals surface area contributed by atoms with Gasteiger partial charge in [-0.3, -0.25) is 15.2 Å². The van der Waals surface area contributed by atoms with Crippen LogP contribution in [0.2, 0.25) is 0 Å². The van der Waals surface area contributed by atoms with Crippen LogP contribution in [0.25, 0.3) is 11.3 Å². The third-order valence-electron chi connectivity index (χ3n) is 4.58. The number of fused-ring (bicyclic) bond motifs is 1. The Hall–Kier alpha value is -2.67. The molecule has 0 radical (unpaired) electrons. The summed E-state index contributed by atoms with van der Waals surface area (Å²) in [6.07, 6.45) is 7.24. The Morgan fingerprint density at radius 2 is 2.00 bits per heavy atom. The quantitative estimate of drug-likeness (QED) is 0.681. The van der Waals surface area contributed by atoms with Crippen LogP contribution in [0.15, 0.2) is 30.5 Å². The molecule has 3 aromatic rings. The highest BCUT2D eigenvalue weighted by molar-refractivity contribution is 7.15. The van der Waals surface area contributed by atoms with Gasteiger partial charge in [0.05, 0.1) is 30.3 Å². The van der Waals surface area contributed by atoms with Crippen LogP contribution in [0.5, 0.6) is 5.75 Å². The first-order chi connectivity index (χ1) is 12.7. The molecule has 0 saturated heterocycles. The standard InChI is InChI=1S/C19H20N4O2S/c1-25-13-9-7-12(8-10-13)17-14(11-20-23-17)18(24)22-19-21-15-5-3-2-4-6-16(15)26-19/h7-11H,2-6H2,1H3,(H,20,23)(H,21,22,24). The molecule has 2 aromatic heterocycles. The van der Waals surface area contributed by atoms with Crippen molar-refractivity contribution in [1.82, 2.24) is 15.2 Å². The maximum Gasteiger partial charge on any atom is 0.261 e. The van der Waals surface area contributed by atoms with Crippen molar-refractivity contribution in [2.24, 2.45) is 0 Å². The second-order valence-corrected chi connectivity index (χ2v) is 7.37. The van der Waals surface area contributed by atoms with Gasteiger partial charge in [0.2, 0.25) is 0 Å². The minimum atomic E-state index is -0.200. The molecular weight excluding hydrogens is 348 g/mol. The molecule has 6 nitrogen and oxygen atoms in total. The number of carbonyl (C=O) groups is 1. The highest BCUT2D eigenvalue weighted by Crippen LogP contribution is 2.30. The number of methoxy groups -OCH3 is 1. The molecule has 1 aliphatic carbocycles. The number of H-pyrrole nitrogens is 1. The number of hydrogen-bond acceptors (Lipinski definition) is 5. The van der Waals surface area contributed by atoms with E-state index in [1.54, 1.807) is 24.6 Å². The first-order valence-electron chi connectivity index (χ1n) is 8.72. The lowest BCUT2D eigenvalue weighted by Gasteiger charge is -2.05. The van der Waals surface area contributed by atoms with Gasteiger partial charge in [0.1, 0.15) is 5.75 Å². The van der Waals surface area contributed by atoms with Gasteiger partial charge in [-0.25, -0.2) is 4.98 Å². The lowest BCUT2D eigenvalue weighted by Crippen LogP contribution is -2.12. The van der Waals surface area contributed by atoms with Gasteiger partial charge < -0.3 is 4.74 Å².